The maximum absolute atomic E-state index is 3.65. The zero-order valence-electron chi connectivity index (χ0n) is 11.8. The molecule has 1 saturated heterocycles. The molecular formula is C14H30N2. The van der Waals surface area contributed by atoms with Crippen molar-refractivity contribution in [3.05, 3.63) is 0 Å². The van der Waals surface area contributed by atoms with Gasteiger partial charge in [-0.25, -0.2) is 0 Å². The van der Waals surface area contributed by atoms with E-state index in [1.165, 1.54) is 32.4 Å². The summed E-state index contributed by atoms with van der Waals surface area (Å²) in [5.74, 6) is 0.833. The Labute approximate surface area is 102 Å². The Morgan fingerprint density at radius 1 is 1.38 bits per heavy atom. The topological polar surface area (TPSA) is 15.3 Å². The van der Waals surface area contributed by atoms with E-state index < -0.39 is 0 Å². The van der Waals surface area contributed by atoms with Crippen molar-refractivity contribution >= 4 is 0 Å². The quantitative estimate of drug-likeness (QED) is 0.775. The van der Waals surface area contributed by atoms with Crippen LogP contribution >= 0.6 is 0 Å². The summed E-state index contributed by atoms with van der Waals surface area (Å²) in [6.45, 7) is 15.3. The second-order valence-electron chi connectivity index (χ2n) is 6.10. The van der Waals surface area contributed by atoms with E-state index in [1.807, 2.05) is 0 Å². The summed E-state index contributed by atoms with van der Waals surface area (Å²) in [6.07, 6.45) is 3.91. The summed E-state index contributed by atoms with van der Waals surface area (Å²) in [7, 11) is 0. The van der Waals surface area contributed by atoms with E-state index >= 15 is 0 Å². The first-order chi connectivity index (χ1) is 7.49. The summed E-state index contributed by atoms with van der Waals surface area (Å²) in [6, 6.07) is 0.696. The molecular weight excluding hydrogens is 196 g/mol. The number of hydrogen-bond donors (Lipinski definition) is 1. The third kappa shape index (κ3) is 3.74. The van der Waals surface area contributed by atoms with E-state index in [9.17, 15) is 0 Å². The van der Waals surface area contributed by atoms with Gasteiger partial charge in [-0.1, -0.05) is 27.2 Å². The lowest BCUT2D eigenvalue weighted by Gasteiger charge is -2.47. The number of nitrogens with zero attached hydrogens (tertiary/aromatic N) is 1. The van der Waals surface area contributed by atoms with Crippen LogP contribution < -0.4 is 5.32 Å². The van der Waals surface area contributed by atoms with Gasteiger partial charge in [0.15, 0.2) is 0 Å². The maximum Gasteiger partial charge on any atom is 0.0278 e. The molecule has 0 spiro atoms. The summed E-state index contributed by atoms with van der Waals surface area (Å²) in [4.78, 5) is 2.69. The van der Waals surface area contributed by atoms with E-state index in [0.29, 0.717) is 11.6 Å². The Kier molecular flexibility index (Phi) is 5.26. The first kappa shape index (κ1) is 14.0. The van der Waals surface area contributed by atoms with Gasteiger partial charge in [0.2, 0.25) is 0 Å². The molecule has 0 aromatic heterocycles. The first-order valence-corrected chi connectivity index (χ1v) is 6.98. The van der Waals surface area contributed by atoms with Crippen molar-refractivity contribution in [1.82, 2.24) is 10.2 Å². The minimum atomic E-state index is 0.327. The molecule has 0 aromatic rings. The second kappa shape index (κ2) is 6.02. The summed E-state index contributed by atoms with van der Waals surface area (Å²) >= 11 is 0. The number of hydrogen-bond acceptors (Lipinski definition) is 2. The van der Waals surface area contributed by atoms with Crippen molar-refractivity contribution in [1.29, 1.82) is 0 Å². The van der Waals surface area contributed by atoms with Crippen LogP contribution in [-0.4, -0.2) is 36.1 Å². The molecule has 0 bridgehead atoms. The molecule has 2 nitrogen and oxygen atoms in total. The standard InChI is InChI=1S/C14H30N2/c1-6-8-12(3)9-16-10-13(7-2)15-11-14(16,4)5/h12-13,15H,6-11H2,1-5H3. The second-order valence-corrected chi connectivity index (χ2v) is 6.10. The fourth-order valence-electron chi connectivity index (χ4n) is 2.64. The Balaban J connectivity index is 2.52. The minimum absolute atomic E-state index is 0.327. The van der Waals surface area contributed by atoms with E-state index in [4.69, 9.17) is 0 Å². The third-order valence-corrected chi connectivity index (χ3v) is 3.93. The average molecular weight is 226 g/mol. The van der Waals surface area contributed by atoms with Gasteiger partial charge in [0.1, 0.15) is 0 Å². The number of rotatable bonds is 5. The van der Waals surface area contributed by atoms with Gasteiger partial charge >= 0.3 is 0 Å². The molecule has 16 heavy (non-hydrogen) atoms. The molecule has 2 heteroatoms. The highest BCUT2D eigenvalue weighted by atomic mass is 15.3. The predicted molar refractivity (Wildman–Crippen MR) is 71.8 cm³/mol. The predicted octanol–water partition coefficient (Wildman–Crippen LogP) is 2.89. The molecule has 1 aliphatic rings. The Morgan fingerprint density at radius 2 is 2.06 bits per heavy atom. The first-order valence-electron chi connectivity index (χ1n) is 6.98. The highest BCUT2D eigenvalue weighted by Crippen LogP contribution is 2.22. The Bertz CT molecular complexity index is 201. The van der Waals surface area contributed by atoms with E-state index in [2.05, 4.69) is 44.8 Å². The fourth-order valence-corrected chi connectivity index (χ4v) is 2.64. The van der Waals surface area contributed by atoms with Crippen molar-refractivity contribution in [3.8, 4) is 0 Å². The van der Waals surface area contributed by atoms with Crippen LogP contribution in [-0.2, 0) is 0 Å². The maximum atomic E-state index is 3.65. The van der Waals surface area contributed by atoms with Gasteiger partial charge in [0.05, 0.1) is 0 Å². The van der Waals surface area contributed by atoms with Crippen molar-refractivity contribution in [3.63, 3.8) is 0 Å². The Morgan fingerprint density at radius 3 is 2.62 bits per heavy atom. The number of piperazine rings is 1. The van der Waals surface area contributed by atoms with Crippen LogP contribution in [0.2, 0.25) is 0 Å². The molecule has 1 rings (SSSR count). The molecule has 1 N–H and O–H groups in total. The van der Waals surface area contributed by atoms with Gasteiger partial charge < -0.3 is 5.32 Å². The molecule has 0 aliphatic carbocycles. The van der Waals surface area contributed by atoms with E-state index in [-0.39, 0.29) is 0 Å². The van der Waals surface area contributed by atoms with Gasteiger partial charge in [-0.3, -0.25) is 4.90 Å². The van der Waals surface area contributed by atoms with Gasteiger partial charge in [-0.15, -0.1) is 0 Å². The van der Waals surface area contributed by atoms with Crippen LogP contribution in [0.3, 0.4) is 0 Å². The molecule has 0 aromatic carbocycles. The summed E-state index contributed by atoms with van der Waals surface area (Å²) in [5.41, 5.74) is 0.327. The fraction of sp³-hybridized carbons (Fsp3) is 1.00. The Hall–Kier alpha value is -0.0800. The lowest BCUT2D eigenvalue weighted by molar-refractivity contribution is 0.0508. The van der Waals surface area contributed by atoms with Crippen LogP contribution in [0.25, 0.3) is 0 Å². The van der Waals surface area contributed by atoms with Crippen molar-refractivity contribution in [2.45, 2.75) is 65.5 Å². The lowest BCUT2D eigenvalue weighted by atomic mass is 9.94. The van der Waals surface area contributed by atoms with Crippen molar-refractivity contribution in [2.75, 3.05) is 19.6 Å². The molecule has 1 fully saturated rings. The molecule has 1 aliphatic heterocycles. The third-order valence-electron chi connectivity index (χ3n) is 3.93. The lowest BCUT2D eigenvalue weighted by Crippen LogP contribution is -2.62. The highest BCUT2D eigenvalue weighted by Gasteiger charge is 2.33. The van der Waals surface area contributed by atoms with Crippen LogP contribution in [0.1, 0.15) is 53.9 Å². The molecule has 1 heterocycles. The normalized spacial score (nSPS) is 27.9. The minimum Gasteiger partial charge on any atom is -0.311 e. The van der Waals surface area contributed by atoms with Crippen molar-refractivity contribution < 1.29 is 0 Å². The number of nitrogens with one attached hydrogen (secondary N) is 1. The smallest absolute Gasteiger partial charge is 0.0278 e. The SMILES string of the molecule is CCCC(C)CN1CC(CC)NCC1(C)C. The van der Waals surface area contributed by atoms with Gasteiger partial charge in [0, 0.05) is 31.2 Å². The van der Waals surface area contributed by atoms with Crippen LogP contribution in [0.5, 0.6) is 0 Å². The zero-order valence-corrected chi connectivity index (χ0v) is 11.8. The van der Waals surface area contributed by atoms with Gasteiger partial charge in [-0.05, 0) is 32.6 Å². The average Bonchev–Trinajstić information content (AvgIpc) is 2.21. The van der Waals surface area contributed by atoms with E-state index in [1.54, 1.807) is 0 Å². The molecule has 0 amide bonds. The molecule has 2 unspecified atom stereocenters. The zero-order chi connectivity index (χ0) is 12.2. The van der Waals surface area contributed by atoms with Gasteiger partial charge in [0.25, 0.3) is 0 Å². The monoisotopic (exact) mass is 226 g/mol. The molecule has 96 valence electrons. The highest BCUT2D eigenvalue weighted by molar-refractivity contribution is 4.92. The molecule has 2 atom stereocenters. The molecule has 0 radical (unpaired) electrons. The van der Waals surface area contributed by atoms with Gasteiger partial charge in [-0.2, -0.15) is 0 Å². The van der Waals surface area contributed by atoms with Crippen LogP contribution in [0.15, 0.2) is 0 Å². The summed E-state index contributed by atoms with van der Waals surface area (Å²) < 4.78 is 0. The largest absolute Gasteiger partial charge is 0.311 e. The summed E-state index contributed by atoms with van der Waals surface area (Å²) in [5, 5.41) is 3.65. The van der Waals surface area contributed by atoms with Crippen molar-refractivity contribution in [2.24, 2.45) is 5.92 Å². The van der Waals surface area contributed by atoms with Crippen LogP contribution in [0, 0.1) is 5.92 Å². The molecule has 0 saturated carbocycles. The van der Waals surface area contributed by atoms with E-state index in [0.717, 1.165) is 12.5 Å². The van der Waals surface area contributed by atoms with Crippen LogP contribution in [0.4, 0.5) is 0 Å².